The summed E-state index contributed by atoms with van der Waals surface area (Å²) in [5.41, 5.74) is 0. The fourth-order valence-electron chi connectivity index (χ4n) is 11.2. The summed E-state index contributed by atoms with van der Waals surface area (Å²) in [6.45, 7) is 7.15. The van der Waals surface area contributed by atoms with Crippen LogP contribution in [0.5, 0.6) is 0 Å². The first-order valence-electron chi connectivity index (χ1n) is 39.0. The van der Waals surface area contributed by atoms with Gasteiger partial charge in [0.05, 0.1) is 26.4 Å². The molecule has 0 aliphatic carbocycles. The third-order valence-corrected chi connectivity index (χ3v) is 19.1. The van der Waals surface area contributed by atoms with Gasteiger partial charge in [0.15, 0.2) is 12.2 Å². The normalized spacial score (nSPS) is 14.1. The minimum atomic E-state index is -4.96. The zero-order valence-electron chi connectivity index (χ0n) is 61.3. The highest BCUT2D eigenvalue weighted by atomic mass is 31.2. The van der Waals surface area contributed by atoms with Gasteiger partial charge in [0, 0.05) is 25.7 Å². The standard InChI is InChI=1S/C76H144O17P2/c1-6-9-12-15-18-21-24-27-30-33-36-39-42-45-52-57-61-75(80)92-71(65-86-73(78)59-54-49-43-40-37-34-31-28-25-22-19-16-13-10-7-2)67-90-94(82,83)88-63-70(77)64-89-95(84,85)91-68-72(66-87-74(79)60-55-50-47-46-48-53-58-69(4)5)93-76(81)62-56-51-44-41-38-35-32-29-26-23-20-17-14-11-8-3/h22,25,28,31,69-72,77H,6-21,23-24,26-27,29-30,32-68H2,1-5H3,(H,82,83)(H,84,85)/b25-22-,31-28-/t70-,71-,72-/m1/s1. The van der Waals surface area contributed by atoms with Gasteiger partial charge in [-0.1, -0.05) is 322 Å². The Bertz CT molecular complexity index is 1920. The van der Waals surface area contributed by atoms with E-state index < -0.39 is 97.5 Å². The van der Waals surface area contributed by atoms with Gasteiger partial charge in [0.25, 0.3) is 0 Å². The van der Waals surface area contributed by atoms with Crippen molar-refractivity contribution in [3.05, 3.63) is 24.3 Å². The Labute approximate surface area is 580 Å². The van der Waals surface area contributed by atoms with Crippen LogP contribution >= 0.6 is 15.6 Å². The van der Waals surface area contributed by atoms with E-state index in [1.807, 2.05) is 0 Å². The smallest absolute Gasteiger partial charge is 0.462 e. The molecule has 0 aliphatic heterocycles. The van der Waals surface area contributed by atoms with E-state index in [4.69, 9.17) is 37.0 Å². The van der Waals surface area contributed by atoms with E-state index in [1.165, 1.54) is 173 Å². The van der Waals surface area contributed by atoms with Crippen molar-refractivity contribution >= 4 is 39.5 Å². The van der Waals surface area contributed by atoms with Gasteiger partial charge in [0.2, 0.25) is 0 Å². The lowest BCUT2D eigenvalue weighted by molar-refractivity contribution is -0.161. The van der Waals surface area contributed by atoms with Gasteiger partial charge in [-0.2, -0.15) is 0 Å². The molecule has 5 atom stereocenters. The molecule has 2 unspecified atom stereocenters. The van der Waals surface area contributed by atoms with Crippen molar-refractivity contribution in [3.63, 3.8) is 0 Å². The van der Waals surface area contributed by atoms with Crippen LogP contribution in [0.3, 0.4) is 0 Å². The molecule has 95 heavy (non-hydrogen) atoms. The number of ether oxygens (including phenoxy) is 4. The molecule has 560 valence electrons. The average molecular weight is 1390 g/mol. The summed E-state index contributed by atoms with van der Waals surface area (Å²) in [6.07, 6.45) is 60.5. The molecule has 0 aromatic heterocycles. The van der Waals surface area contributed by atoms with Gasteiger partial charge < -0.3 is 33.8 Å². The molecule has 3 N–H and O–H groups in total. The predicted molar refractivity (Wildman–Crippen MR) is 386 cm³/mol. The molecule has 19 heteroatoms. The van der Waals surface area contributed by atoms with E-state index in [0.29, 0.717) is 31.6 Å². The van der Waals surface area contributed by atoms with Gasteiger partial charge in [-0.3, -0.25) is 37.3 Å². The minimum Gasteiger partial charge on any atom is -0.462 e. The van der Waals surface area contributed by atoms with Crippen molar-refractivity contribution in [2.24, 2.45) is 5.92 Å². The Morgan fingerprint density at radius 2 is 0.568 bits per heavy atom. The Hall–Kier alpha value is -2.46. The fourth-order valence-corrected chi connectivity index (χ4v) is 12.7. The van der Waals surface area contributed by atoms with E-state index >= 15 is 0 Å². The summed E-state index contributed by atoms with van der Waals surface area (Å²) in [5.74, 6) is -1.47. The third kappa shape index (κ3) is 69.8. The summed E-state index contributed by atoms with van der Waals surface area (Å²) in [4.78, 5) is 72.8. The lowest BCUT2D eigenvalue weighted by Gasteiger charge is -2.21. The van der Waals surface area contributed by atoms with Crippen LogP contribution in [0.2, 0.25) is 0 Å². The maximum Gasteiger partial charge on any atom is 0.472 e. The van der Waals surface area contributed by atoms with Crippen LogP contribution < -0.4 is 0 Å². The molecule has 0 bridgehead atoms. The molecule has 17 nitrogen and oxygen atoms in total. The topological polar surface area (TPSA) is 237 Å². The number of aliphatic hydroxyl groups excluding tert-OH is 1. The van der Waals surface area contributed by atoms with Crippen LogP contribution in [0.15, 0.2) is 24.3 Å². The number of allylic oxidation sites excluding steroid dienone is 4. The molecule has 0 aromatic carbocycles. The van der Waals surface area contributed by atoms with E-state index in [-0.39, 0.29) is 25.7 Å². The monoisotopic (exact) mass is 1390 g/mol. The number of carbonyl (C=O) groups is 4. The maximum atomic E-state index is 13.1. The van der Waals surface area contributed by atoms with Gasteiger partial charge in [0.1, 0.15) is 19.3 Å². The van der Waals surface area contributed by atoms with Crippen molar-refractivity contribution < 1.29 is 80.2 Å². The Morgan fingerprint density at radius 3 is 0.863 bits per heavy atom. The van der Waals surface area contributed by atoms with E-state index in [0.717, 1.165) is 116 Å². The number of hydrogen-bond donors (Lipinski definition) is 3. The Balaban J connectivity index is 5.27. The number of esters is 4. The number of unbranched alkanes of at least 4 members (excludes halogenated alkanes) is 43. The third-order valence-electron chi connectivity index (χ3n) is 17.2. The fraction of sp³-hybridized carbons (Fsp3) is 0.895. The molecular weight excluding hydrogens is 1250 g/mol. The van der Waals surface area contributed by atoms with Crippen molar-refractivity contribution in [2.75, 3.05) is 39.6 Å². The summed E-state index contributed by atoms with van der Waals surface area (Å²) >= 11 is 0. The molecule has 0 saturated heterocycles. The van der Waals surface area contributed by atoms with Crippen LogP contribution in [-0.2, 0) is 65.4 Å². The largest absolute Gasteiger partial charge is 0.472 e. The molecule has 0 heterocycles. The lowest BCUT2D eigenvalue weighted by Crippen LogP contribution is -2.30. The number of carbonyl (C=O) groups excluding carboxylic acids is 4. The van der Waals surface area contributed by atoms with Gasteiger partial charge >= 0.3 is 39.5 Å². The van der Waals surface area contributed by atoms with Crippen LogP contribution in [0.1, 0.15) is 375 Å². The van der Waals surface area contributed by atoms with Crippen LogP contribution in [-0.4, -0.2) is 96.7 Å². The van der Waals surface area contributed by atoms with Crippen molar-refractivity contribution in [1.82, 2.24) is 0 Å². The zero-order valence-corrected chi connectivity index (χ0v) is 63.1. The Morgan fingerprint density at radius 1 is 0.326 bits per heavy atom. The molecule has 0 aliphatic rings. The Kier molecular flexibility index (Phi) is 66.9. The maximum absolute atomic E-state index is 13.1. The van der Waals surface area contributed by atoms with Crippen molar-refractivity contribution in [2.45, 2.75) is 393 Å². The van der Waals surface area contributed by atoms with Gasteiger partial charge in [-0.15, -0.1) is 0 Å². The molecule has 0 saturated carbocycles. The van der Waals surface area contributed by atoms with Crippen LogP contribution in [0, 0.1) is 5.92 Å². The highest BCUT2D eigenvalue weighted by Crippen LogP contribution is 2.45. The second-order valence-corrected chi connectivity index (χ2v) is 30.1. The molecule has 0 rings (SSSR count). The molecule has 0 fully saturated rings. The summed E-state index contributed by atoms with van der Waals surface area (Å²) in [5, 5.41) is 10.6. The number of phosphoric ester groups is 2. The number of aliphatic hydroxyl groups is 1. The molecular formula is C76H144O17P2. The molecule has 0 aromatic rings. The second kappa shape index (κ2) is 68.7. The molecule has 0 radical (unpaired) electrons. The average Bonchev–Trinajstić information content (AvgIpc) is 2.63. The van der Waals surface area contributed by atoms with Gasteiger partial charge in [-0.05, 0) is 57.3 Å². The summed E-state index contributed by atoms with van der Waals surface area (Å²) in [7, 11) is -9.92. The zero-order chi connectivity index (χ0) is 69.8. The first-order chi connectivity index (χ1) is 46.0. The number of hydrogen-bond acceptors (Lipinski definition) is 15. The predicted octanol–water partition coefficient (Wildman–Crippen LogP) is 22.0. The molecule has 0 spiro atoms. The summed E-state index contributed by atoms with van der Waals surface area (Å²) in [6, 6.07) is 0. The van der Waals surface area contributed by atoms with Crippen LogP contribution in [0.4, 0.5) is 0 Å². The first-order valence-corrected chi connectivity index (χ1v) is 41.9. The van der Waals surface area contributed by atoms with E-state index in [2.05, 4.69) is 58.9 Å². The van der Waals surface area contributed by atoms with E-state index in [9.17, 15) is 43.2 Å². The van der Waals surface area contributed by atoms with Gasteiger partial charge in [-0.25, -0.2) is 9.13 Å². The second-order valence-electron chi connectivity index (χ2n) is 27.2. The lowest BCUT2D eigenvalue weighted by atomic mass is 10.0. The van der Waals surface area contributed by atoms with Crippen LogP contribution in [0.25, 0.3) is 0 Å². The van der Waals surface area contributed by atoms with E-state index in [1.54, 1.807) is 0 Å². The first kappa shape index (κ1) is 92.5. The molecule has 0 amide bonds. The minimum absolute atomic E-state index is 0.101. The highest BCUT2D eigenvalue weighted by Gasteiger charge is 2.30. The highest BCUT2D eigenvalue weighted by molar-refractivity contribution is 7.47. The SMILES string of the molecule is CCCCCC/C=C\C=C/CCCCCCCC(=O)OC[C@H](COP(=O)(O)OC[C@@H](O)COP(=O)(O)OC[C@@H](COC(=O)CCCCCCCCC(C)C)OC(=O)CCCCCCCCCCCCCCCCC)OC(=O)CCCCCCCCCCCCCCCCCC. The quantitative estimate of drug-likeness (QED) is 0.0169. The number of phosphoric acid groups is 2. The number of rotatable bonds is 74. The van der Waals surface area contributed by atoms with Crippen molar-refractivity contribution in [1.29, 1.82) is 0 Å². The van der Waals surface area contributed by atoms with Crippen molar-refractivity contribution in [3.8, 4) is 0 Å². The summed E-state index contributed by atoms with van der Waals surface area (Å²) < 4.78 is 68.5.